The number of carbonyl (C=O) groups is 4. The number of quaternary nitrogens is 1. The topological polar surface area (TPSA) is 178 Å². The summed E-state index contributed by atoms with van der Waals surface area (Å²) in [4.78, 5) is 50.1. The second kappa shape index (κ2) is 15.3. The fraction of sp³-hybridized carbons (Fsp3) is 0.333. The lowest BCUT2D eigenvalue weighted by Crippen LogP contribution is -2.56. The minimum Gasteiger partial charge on any atom is -0.554 e. The molecule has 0 atom stereocenters. The molecule has 1 heterocycles. The van der Waals surface area contributed by atoms with Crippen molar-refractivity contribution in [1.29, 1.82) is 5.26 Å². The smallest absolute Gasteiger partial charge is 0.291 e. The van der Waals surface area contributed by atoms with E-state index in [4.69, 9.17) is 31.5 Å². The number of carbonyl (C=O) groups excluding carboxylic acids is 4. The molecule has 2 aromatic carbocycles. The number of nitriles is 1. The molecule has 4 rings (SSSR count). The number of hydrogen-bond donors (Lipinski definition) is 3. The number of imidazole rings is 1. The zero-order chi connectivity index (χ0) is 34.2. The number of aromatic nitrogens is 2. The van der Waals surface area contributed by atoms with Crippen molar-refractivity contribution in [2.75, 3.05) is 39.6 Å². The standard InChI is InChI=1S/C29H30ClF2N7O4.CH2O2/c1-38-22(20-7-8-23(43-10-9-33)26(32)25(20)31)14-34-27(38)29(42)36-16-5-6-19(21(30)13-16)28(41)37-18-11-17(12-18)35-24(40)15-39(2,3)4;2-1-3/h5-8,13-14,17-18H,10-12,15H2,1-4H3,(H2-,35,36,37,40,41,42);1H,(H,2,3). The minimum absolute atomic E-state index is 0.00219. The van der Waals surface area contributed by atoms with E-state index in [-0.39, 0.29) is 57.3 Å². The predicted molar refractivity (Wildman–Crippen MR) is 160 cm³/mol. The van der Waals surface area contributed by atoms with Crippen LogP contribution in [0.15, 0.2) is 36.5 Å². The lowest BCUT2D eigenvalue weighted by Gasteiger charge is -2.36. The van der Waals surface area contributed by atoms with E-state index in [0.29, 0.717) is 23.9 Å². The maximum absolute atomic E-state index is 14.7. The fourth-order valence-corrected chi connectivity index (χ4v) is 4.87. The molecular weight excluding hydrogens is 628 g/mol. The summed E-state index contributed by atoms with van der Waals surface area (Å²) in [5.74, 6) is -4.05. The second-order valence-corrected chi connectivity index (χ2v) is 11.7. The molecule has 1 aliphatic rings. The lowest BCUT2D eigenvalue weighted by molar-refractivity contribution is -0.862. The van der Waals surface area contributed by atoms with Gasteiger partial charge in [0.05, 0.1) is 43.6 Å². The molecule has 0 radical (unpaired) electrons. The van der Waals surface area contributed by atoms with Crippen LogP contribution in [0.1, 0.15) is 33.8 Å². The summed E-state index contributed by atoms with van der Waals surface area (Å²) < 4.78 is 35.8. The number of nitrogens with zero attached hydrogens (tertiary/aromatic N) is 4. The summed E-state index contributed by atoms with van der Waals surface area (Å²) >= 11 is 6.35. The van der Waals surface area contributed by atoms with E-state index < -0.39 is 36.4 Å². The van der Waals surface area contributed by atoms with Crippen molar-refractivity contribution in [2.24, 2.45) is 7.05 Å². The third kappa shape index (κ3) is 8.99. The molecule has 3 aromatic rings. The molecule has 3 amide bonds. The minimum atomic E-state index is -1.27. The zero-order valence-corrected chi connectivity index (χ0v) is 26.2. The van der Waals surface area contributed by atoms with E-state index in [9.17, 15) is 23.2 Å². The average molecular weight is 660 g/mol. The van der Waals surface area contributed by atoms with Crippen molar-refractivity contribution in [3.05, 3.63) is 64.6 Å². The van der Waals surface area contributed by atoms with Gasteiger partial charge in [0.1, 0.15) is 6.07 Å². The molecule has 0 bridgehead atoms. The fourth-order valence-electron chi connectivity index (χ4n) is 4.61. The molecule has 0 aliphatic heterocycles. The Bertz CT molecular complexity index is 1660. The number of carboxylic acid groups (broad SMARTS) is 1. The maximum Gasteiger partial charge on any atom is 0.291 e. The molecule has 0 saturated heterocycles. The van der Waals surface area contributed by atoms with Gasteiger partial charge in [-0.1, -0.05) is 11.6 Å². The number of amides is 3. The number of halogens is 3. The molecule has 1 aliphatic carbocycles. The highest BCUT2D eigenvalue weighted by Crippen LogP contribution is 2.30. The molecule has 16 heteroatoms. The Kier molecular flexibility index (Phi) is 11.8. The van der Waals surface area contributed by atoms with Gasteiger partial charge in [0.15, 0.2) is 30.5 Å². The van der Waals surface area contributed by atoms with Gasteiger partial charge in [0.2, 0.25) is 5.82 Å². The summed E-state index contributed by atoms with van der Waals surface area (Å²) in [6, 6.07) is 8.43. The Morgan fingerprint density at radius 3 is 2.39 bits per heavy atom. The van der Waals surface area contributed by atoms with Crippen molar-refractivity contribution in [2.45, 2.75) is 24.9 Å². The molecule has 0 spiro atoms. The predicted octanol–water partition coefficient (Wildman–Crippen LogP) is 1.62. The first-order valence-electron chi connectivity index (χ1n) is 13.8. The van der Waals surface area contributed by atoms with Crippen LogP contribution < -0.4 is 25.8 Å². The highest BCUT2D eigenvalue weighted by atomic mass is 35.5. The largest absolute Gasteiger partial charge is 0.554 e. The first-order valence-corrected chi connectivity index (χ1v) is 14.1. The first-order chi connectivity index (χ1) is 21.7. The van der Waals surface area contributed by atoms with Gasteiger partial charge in [-0.15, -0.1) is 0 Å². The van der Waals surface area contributed by atoms with Crippen molar-refractivity contribution < 1.29 is 42.3 Å². The molecule has 244 valence electrons. The van der Waals surface area contributed by atoms with Crippen LogP contribution in [0.2, 0.25) is 5.02 Å². The Labute approximate surface area is 268 Å². The average Bonchev–Trinajstić information content (AvgIpc) is 3.33. The van der Waals surface area contributed by atoms with E-state index in [1.165, 1.54) is 48.1 Å². The van der Waals surface area contributed by atoms with Gasteiger partial charge in [-0.25, -0.2) is 9.37 Å². The van der Waals surface area contributed by atoms with Gasteiger partial charge in [-0.3, -0.25) is 14.4 Å². The summed E-state index contributed by atoms with van der Waals surface area (Å²) in [7, 11) is 7.27. The van der Waals surface area contributed by atoms with Crippen LogP contribution >= 0.6 is 11.6 Å². The van der Waals surface area contributed by atoms with Crippen molar-refractivity contribution >= 4 is 41.5 Å². The maximum atomic E-state index is 14.7. The number of likely N-dealkylation sites (N-methyl/N-ethyl adjacent to an activating group) is 1. The van der Waals surface area contributed by atoms with Crippen molar-refractivity contribution in [3.8, 4) is 23.1 Å². The Balaban J connectivity index is 0.00000185. The number of benzene rings is 2. The lowest BCUT2D eigenvalue weighted by atomic mass is 9.86. The second-order valence-electron chi connectivity index (χ2n) is 11.3. The number of anilines is 1. The molecule has 1 aromatic heterocycles. The SMILES string of the molecule is Cn1c(-c2ccc(OCC#N)c(F)c2F)cnc1C(=O)Nc1ccc(C(=O)NC2CC(NC(=O)C[N+](C)(C)C)C2)c(Cl)c1.O=C[O-]. The van der Waals surface area contributed by atoms with E-state index in [0.717, 1.165) is 0 Å². The summed E-state index contributed by atoms with van der Waals surface area (Å²) in [5, 5.41) is 25.5. The molecular formula is C30H32ClF2N7O6. The van der Waals surface area contributed by atoms with Gasteiger partial charge < -0.3 is 39.6 Å². The normalized spacial score (nSPS) is 15.3. The van der Waals surface area contributed by atoms with Crippen LogP contribution in [0.3, 0.4) is 0 Å². The highest BCUT2D eigenvalue weighted by molar-refractivity contribution is 6.34. The monoisotopic (exact) mass is 659 g/mol. The quantitative estimate of drug-likeness (QED) is 0.217. The number of rotatable bonds is 10. The Morgan fingerprint density at radius 1 is 1.13 bits per heavy atom. The van der Waals surface area contributed by atoms with E-state index >= 15 is 0 Å². The van der Waals surface area contributed by atoms with Crippen molar-refractivity contribution in [3.63, 3.8) is 0 Å². The van der Waals surface area contributed by atoms with Gasteiger partial charge in [0, 0.05) is 36.9 Å². The van der Waals surface area contributed by atoms with Crippen LogP contribution in [0, 0.1) is 23.0 Å². The van der Waals surface area contributed by atoms with Gasteiger partial charge in [-0.05, 0) is 43.2 Å². The van der Waals surface area contributed by atoms with Crippen LogP contribution in [0.4, 0.5) is 14.5 Å². The van der Waals surface area contributed by atoms with Gasteiger partial charge in [0.25, 0.3) is 17.7 Å². The molecule has 3 N–H and O–H groups in total. The van der Waals surface area contributed by atoms with Crippen LogP contribution in [0.25, 0.3) is 11.3 Å². The zero-order valence-electron chi connectivity index (χ0n) is 25.4. The van der Waals surface area contributed by atoms with E-state index in [1.54, 1.807) is 6.07 Å². The van der Waals surface area contributed by atoms with Crippen molar-refractivity contribution in [1.82, 2.24) is 20.2 Å². The summed E-state index contributed by atoms with van der Waals surface area (Å²) in [6.45, 7) is -0.582. The molecule has 46 heavy (non-hydrogen) atoms. The van der Waals surface area contributed by atoms with E-state index in [1.807, 2.05) is 21.1 Å². The number of ether oxygens (including phenoxy) is 1. The third-order valence-electron chi connectivity index (χ3n) is 6.73. The molecule has 13 nitrogen and oxygen atoms in total. The van der Waals surface area contributed by atoms with Crippen LogP contribution in [-0.2, 0) is 16.6 Å². The molecule has 1 fully saturated rings. The Hall–Kier alpha value is -5.07. The van der Waals surface area contributed by atoms with Gasteiger partial charge in [-0.2, -0.15) is 9.65 Å². The number of hydrogen-bond acceptors (Lipinski definition) is 8. The number of nitrogens with one attached hydrogen (secondary N) is 3. The summed E-state index contributed by atoms with van der Waals surface area (Å²) in [6.07, 6.45) is 2.45. The van der Waals surface area contributed by atoms with Gasteiger partial charge >= 0.3 is 0 Å². The van der Waals surface area contributed by atoms with E-state index in [2.05, 4.69) is 20.9 Å². The summed E-state index contributed by atoms with van der Waals surface area (Å²) in [5.41, 5.74) is 0.482. The highest BCUT2D eigenvalue weighted by Gasteiger charge is 2.33. The van der Waals surface area contributed by atoms with Crippen LogP contribution in [-0.4, -0.2) is 84.6 Å². The van der Waals surface area contributed by atoms with Crippen LogP contribution in [0.5, 0.6) is 5.75 Å². The first kappa shape index (κ1) is 35.4. The molecule has 0 unspecified atom stereocenters. The molecule has 1 saturated carbocycles. The Morgan fingerprint density at radius 2 is 1.78 bits per heavy atom. The third-order valence-corrected chi connectivity index (χ3v) is 7.05.